The van der Waals surface area contributed by atoms with Crippen LogP contribution in [0.5, 0.6) is 0 Å². The first-order valence-electron chi connectivity index (χ1n) is 2.56. The van der Waals surface area contributed by atoms with E-state index in [4.69, 9.17) is 0 Å². The Hall–Kier alpha value is 0.0200. The van der Waals surface area contributed by atoms with E-state index >= 15 is 0 Å². The van der Waals surface area contributed by atoms with E-state index in [0.29, 0.717) is 5.92 Å². The van der Waals surface area contributed by atoms with E-state index in [1.807, 2.05) is 13.8 Å². The lowest BCUT2D eigenvalue weighted by Crippen LogP contribution is -1.86. The Bertz CT molecular complexity index is 78.6. The molecule has 0 heterocycles. The van der Waals surface area contributed by atoms with Crippen LogP contribution >= 0.6 is 11.8 Å². The minimum atomic E-state index is 0.110. The molecule has 2 heteroatoms. The lowest BCUT2D eigenvalue weighted by molar-refractivity contribution is -0.109. The number of hydrogen-bond donors (Lipinski definition) is 0. The van der Waals surface area contributed by atoms with Gasteiger partial charge in [0.15, 0.2) is 5.12 Å². The Morgan fingerprint density at radius 2 is 2.12 bits per heavy atom. The number of carbonyl (C=O) groups is 1. The molecule has 0 spiro atoms. The van der Waals surface area contributed by atoms with Gasteiger partial charge in [-0.25, -0.2) is 0 Å². The summed E-state index contributed by atoms with van der Waals surface area (Å²) in [4.78, 5) is 10.2. The lowest BCUT2D eigenvalue weighted by Gasteiger charge is -1.96. The predicted molar refractivity (Wildman–Crippen MR) is 36.4 cm³/mol. The van der Waals surface area contributed by atoms with Crippen molar-refractivity contribution in [3.8, 4) is 0 Å². The number of hydrogen-bond acceptors (Lipinski definition) is 2. The van der Waals surface area contributed by atoms with Gasteiger partial charge < -0.3 is 0 Å². The van der Waals surface area contributed by atoms with E-state index in [1.165, 1.54) is 0 Å². The topological polar surface area (TPSA) is 17.1 Å². The van der Waals surface area contributed by atoms with Crippen LogP contribution < -0.4 is 0 Å². The quantitative estimate of drug-likeness (QED) is 0.568. The number of rotatable bonds is 2. The fraction of sp³-hybridized carbons (Fsp3) is 0.667. The Morgan fingerprint density at radius 1 is 1.62 bits per heavy atom. The minimum Gasteiger partial charge on any atom is -0.288 e. The smallest absolute Gasteiger partial charge is 0.186 e. The van der Waals surface area contributed by atoms with Crippen molar-refractivity contribution < 1.29 is 4.79 Å². The highest BCUT2D eigenvalue weighted by atomic mass is 32.2. The summed E-state index contributed by atoms with van der Waals surface area (Å²) in [6.45, 7) is 5.53. The van der Waals surface area contributed by atoms with Crippen LogP contribution in [0.1, 0.15) is 20.8 Å². The van der Waals surface area contributed by atoms with Crippen molar-refractivity contribution in [2.75, 3.05) is 0 Å². The molecule has 1 nitrogen and oxygen atoms in total. The molecule has 0 aromatic carbocycles. The summed E-state index contributed by atoms with van der Waals surface area (Å²) in [7, 11) is 0. The zero-order valence-corrected chi connectivity index (χ0v) is 6.21. The van der Waals surface area contributed by atoms with E-state index < -0.39 is 0 Å². The van der Waals surface area contributed by atoms with E-state index in [1.54, 1.807) is 6.92 Å². The maximum absolute atomic E-state index is 10.2. The van der Waals surface area contributed by atoms with Gasteiger partial charge in [0.25, 0.3) is 0 Å². The second-order valence-corrected chi connectivity index (χ2v) is 2.88. The van der Waals surface area contributed by atoms with Crippen LogP contribution in [0.4, 0.5) is 0 Å². The summed E-state index contributed by atoms with van der Waals surface area (Å²) in [5.74, 6) is 3.29. The van der Waals surface area contributed by atoms with Gasteiger partial charge in [-0.1, -0.05) is 25.6 Å². The molecule has 0 aliphatic rings. The standard InChI is InChI=1S/C6H10OS/c1-5(2)4-8-6(3)7/h5H,1-3H3. The first-order chi connectivity index (χ1) is 3.63. The van der Waals surface area contributed by atoms with Gasteiger partial charge >= 0.3 is 0 Å². The highest BCUT2D eigenvalue weighted by molar-refractivity contribution is 8.15. The van der Waals surface area contributed by atoms with Crippen molar-refractivity contribution in [1.29, 1.82) is 0 Å². The van der Waals surface area contributed by atoms with Crippen molar-refractivity contribution in [1.82, 2.24) is 0 Å². The van der Waals surface area contributed by atoms with E-state index in [9.17, 15) is 4.79 Å². The summed E-state index contributed by atoms with van der Waals surface area (Å²) in [6, 6.07) is 0. The van der Waals surface area contributed by atoms with E-state index in [0.717, 1.165) is 11.8 Å². The van der Waals surface area contributed by atoms with E-state index in [-0.39, 0.29) is 5.12 Å². The third-order valence-electron chi connectivity index (χ3n) is 0.438. The molecule has 0 rings (SSSR count). The number of thioether (sulfide) groups is 1. The van der Waals surface area contributed by atoms with Gasteiger partial charge in [0.2, 0.25) is 0 Å². The average Bonchev–Trinajstić information content (AvgIpc) is 1.61. The van der Waals surface area contributed by atoms with Gasteiger partial charge in [-0.2, -0.15) is 0 Å². The normalized spacial score (nSPS) is 10.0. The highest BCUT2D eigenvalue weighted by Crippen LogP contribution is 2.13. The van der Waals surface area contributed by atoms with Crippen LogP contribution in [0.2, 0.25) is 0 Å². The molecule has 0 aliphatic carbocycles. The zero-order valence-electron chi connectivity index (χ0n) is 5.39. The van der Waals surface area contributed by atoms with Crippen LogP contribution in [-0.2, 0) is 4.79 Å². The van der Waals surface area contributed by atoms with Crippen LogP contribution in [-0.4, -0.2) is 5.12 Å². The fourth-order valence-electron chi connectivity index (χ4n) is 0.201. The SMILES string of the molecule is CC(=O)S[C]C(C)C. The Kier molecular flexibility index (Phi) is 3.97. The van der Waals surface area contributed by atoms with Gasteiger partial charge in [-0.3, -0.25) is 4.79 Å². The van der Waals surface area contributed by atoms with Crippen LogP contribution in [0.25, 0.3) is 0 Å². The van der Waals surface area contributed by atoms with Crippen molar-refractivity contribution >= 4 is 16.9 Å². The average molecular weight is 130 g/mol. The third-order valence-corrected chi connectivity index (χ3v) is 1.32. The summed E-state index contributed by atoms with van der Waals surface area (Å²) < 4.78 is 0. The summed E-state index contributed by atoms with van der Waals surface area (Å²) >= 11 is 1.15. The summed E-state index contributed by atoms with van der Waals surface area (Å²) in [5.41, 5.74) is 0. The van der Waals surface area contributed by atoms with Crippen molar-refractivity contribution in [3.63, 3.8) is 0 Å². The minimum absolute atomic E-state index is 0.110. The molecule has 0 aliphatic heterocycles. The Balaban J connectivity index is 3.05. The molecule has 0 bridgehead atoms. The maximum atomic E-state index is 10.2. The second-order valence-electron chi connectivity index (χ2n) is 1.87. The fourth-order valence-corrected chi connectivity index (χ4v) is 0.602. The maximum Gasteiger partial charge on any atom is 0.186 e. The van der Waals surface area contributed by atoms with Crippen LogP contribution in [0.15, 0.2) is 0 Å². The van der Waals surface area contributed by atoms with Crippen LogP contribution in [0.3, 0.4) is 0 Å². The van der Waals surface area contributed by atoms with E-state index in [2.05, 4.69) is 5.75 Å². The predicted octanol–water partition coefficient (Wildman–Crippen LogP) is 1.96. The molecule has 0 saturated carbocycles. The zero-order chi connectivity index (χ0) is 6.57. The van der Waals surface area contributed by atoms with Gasteiger partial charge in [0, 0.05) is 6.92 Å². The summed E-state index contributed by atoms with van der Waals surface area (Å²) in [5, 5.41) is 0.110. The summed E-state index contributed by atoms with van der Waals surface area (Å²) in [6.07, 6.45) is 0. The number of carbonyl (C=O) groups excluding carboxylic acids is 1. The molecule has 0 aromatic rings. The van der Waals surface area contributed by atoms with Crippen molar-refractivity contribution in [2.24, 2.45) is 5.92 Å². The molecule has 0 saturated heterocycles. The molecule has 0 unspecified atom stereocenters. The molecule has 46 valence electrons. The van der Waals surface area contributed by atoms with Gasteiger partial charge in [0.05, 0.1) is 5.75 Å². The van der Waals surface area contributed by atoms with Gasteiger partial charge in [-0.15, -0.1) is 0 Å². The highest BCUT2D eigenvalue weighted by Gasteiger charge is 1.97. The molecular formula is C6H10OS. The molecule has 0 amide bonds. The van der Waals surface area contributed by atoms with Crippen LogP contribution in [0, 0.1) is 11.7 Å². The monoisotopic (exact) mass is 130 g/mol. The lowest BCUT2D eigenvalue weighted by atomic mass is 10.3. The molecule has 2 radical (unpaired) electrons. The van der Waals surface area contributed by atoms with Crippen molar-refractivity contribution in [3.05, 3.63) is 5.75 Å². The first-order valence-corrected chi connectivity index (χ1v) is 3.37. The molecule has 0 atom stereocenters. The Morgan fingerprint density at radius 3 is 2.25 bits per heavy atom. The molecular weight excluding hydrogens is 120 g/mol. The van der Waals surface area contributed by atoms with Gasteiger partial charge in [-0.05, 0) is 5.92 Å². The largest absolute Gasteiger partial charge is 0.288 e. The van der Waals surface area contributed by atoms with Crippen molar-refractivity contribution in [2.45, 2.75) is 20.8 Å². The molecule has 0 N–H and O–H groups in total. The molecule has 0 aromatic heterocycles. The molecule has 0 fully saturated rings. The molecule has 8 heavy (non-hydrogen) atoms. The third kappa shape index (κ3) is 6.02. The Labute approximate surface area is 54.8 Å². The van der Waals surface area contributed by atoms with Gasteiger partial charge in [0.1, 0.15) is 0 Å². The second kappa shape index (κ2) is 3.96. The first kappa shape index (κ1) is 8.02.